The van der Waals surface area contributed by atoms with Crippen molar-refractivity contribution in [1.29, 1.82) is 0 Å². The number of rotatable bonds is 6. The Morgan fingerprint density at radius 2 is 2.00 bits per heavy atom. The molecule has 1 N–H and O–H groups in total. The first-order chi connectivity index (χ1) is 13.0. The number of piperidine rings is 1. The predicted octanol–water partition coefficient (Wildman–Crippen LogP) is 2.95. The zero-order valence-corrected chi connectivity index (χ0v) is 14.8. The standard InChI is InChI=1S/C18H20F2N4O3/c1-26-17(25)15-8-9-16(23-22-15)21-12-3-2-10-24(11-12)13-4-6-14(7-5-13)27-18(19)20/h4-9,12,18H,2-3,10-11H2,1H3,(H,21,23). The summed E-state index contributed by atoms with van der Waals surface area (Å²) in [4.78, 5) is 13.6. The van der Waals surface area contributed by atoms with Gasteiger partial charge in [0.15, 0.2) is 5.69 Å². The third-order valence-electron chi connectivity index (χ3n) is 4.26. The summed E-state index contributed by atoms with van der Waals surface area (Å²) in [5.74, 6) is 0.189. The van der Waals surface area contributed by atoms with Gasteiger partial charge in [-0.2, -0.15) is 8.78 Å². The van der Waals surface area contributed by atoms with Crippen LogP contribution in [-0.2, 0) is 4.74 Å². The first kappa shape index (κ1) is 18.8. The van der Waals surface area contributed by atoms with Gasteiger partial charge in [0, 0.05) is 24.8 Å². The predicted molar refractivity (Wildman–Crippen MR) is 95.3 cm³/mol. The third-order valence-corrected chi connectivity index (χ3v) is 4.26. The summed E-state index contributed by atoms with van der Waals surface area (Å²) in [5.41, 5.74) is 1.09. The molecule has 0 radical (unpaired) electrons. The maximum atomic E-state index is 12.2. The molecule has 1 aromatic heterocycles. The van der Waals surface area contributed by atoms with Gasteiger partial charge in [-0.3, -0.25) is 0 Å². The van der Waals surface area contributed by atoms with Crippen molar-refractivity contribution in [2.45, 2.75) is 25.5 Å². The zero-order valence-electron chi connectivity index (χ0n) is 14.8. The number of hydrogen-bond donors (Lipinski definition) is 1. The molecular weight excluding hydrogens is 358 g/mol. The Kier molecular flexibility index (Phi) is 6.00. The average Bonchev–Trinajstić information content (AvgIpc) is 2.68. The Morgan fingerprint density at radius 1 is 1.22 bits per heavy atom. The van der Waals surface area contributed by atoms with Crippen LogP contribution in [0.3, 0.4) is 0 Å². The van der Waals surface area contributed by atoms with Crippen LogP contribution in [0.25, 0.3) is 0 Å². The number of ether oxygens (including phenoxy) is 2. The number of halogens is 2. The molecular formula is C18H20F2N4O3. The summed E-state index contributed by atoms with van der Waals surface area (Å²) in [6.45, 7) is -1.22. The Hall–Kier alpha value is -2.97. The van der Waals surface area contributed by atoms with Crippen LogP contribution < -0.4 is 15.0 Å². The van der Waals surface area contributed by atoms with Gasteiger partial charge in [-0.15, -0.1) is 10.2 Å². The first-order valence-corrected chi connectivity index (χ1v) is 8.53. The number of carbonyl (C=O) groups excluding carboxylic acids is 1. The SMILES string of the molecule is COC(=O)c1ccc(NC2CCCN(c3ccc(OC(F)F)cc3)C2)nn1. The molecule has 0 aliphatic carbocycles. The molecule has 0 bridgehead atoms. The number of nitrogens with one attached hydrogen (secondary N) is 1. The number of hydrogen-bond acceptors (Lipinski definition) is 7. The van der Waals surface area contributed by atoms with Crippen molar-refractivity contribution < 1.29 is 23.0 Å². The molecule has 9 heteroatoms. The van der Waals surface area contributed by atoms with Crippen LogP contribution in [-0.4, -0.2) is 49.0 Å². The van der Waals surface area contributed by atoms with Crippen LogP contribution in [0.5, 0.6) is 5.75 Å². The Bertz CT molecular complexity index is 756. The van der Waals surface area contributed by atoms with Gasteiger partial charge in [-0.05, 0) is 49.2 Å². The Balaban J connectivity index is 1.60. The van der Waals surface area contributed by atoms with E-state index in [1.54, 1.807) is 24.3 Å². The van der Waals surface area contributed by atoms with E-state index in [4.69, 9.17) is 0 Å². The highest BCUT2D eigenvalue weighted by molar-refractivity contribution is 5.86. The molecule has 1 aromatic carbocycles. The van der Waals surface area contributed by atoms with Crippen LogP contribution in [0.1, 0.15) is 23.3 Å². The molecule has 1 aliphatic rings. The Labute approximate surface area is 155 Å². The van der Waals surface area contributed by atoms with Crippen molar-refractivity contribution in [1.82, 2.24) is 10.2 Å². The minimum Gasteiger partial charge on any atom is -0.464 e. The van der Waals surface area contributed by atoms with Gasteiger partial charge >= 0.3 is 12.6 Å². The van der Waals surface area contributed by atoms with Crippen LogP contribution in [0.2, 0.25) is 0 Å². The summed E-state index contributed by atoms with van der Waals surface area (Å²) < 4.78 is 33.5. The number of carbonyl (C=O) groups is 1. The number of benzene rings is 1. The summed E-state index contributed by atoms with van der Waals surface area (Å²) >= 11 is 0. The summed E-state index contributed by atoms with van der Waals surface area (Å²) in [7, 11) is 1.29. The van der Waals surface area contributed by atoms with Crippen molar-refractivity contribution in [2.75, 3.05) is 30.4 Å². The van der Waals surface area contributed by atoms with E-state index in [9.17, 15) is 13.6 Å². The maximum absolute atomic E-state index is 12.2. The fourth-order valence-electron chi connectivity index (χ4n) is 3.00. The van der Waals surface area contributed by atoms with E-state index in [2.05, 4.69) is 29.9 Å². The van der Waals surface area contributed by atoms with Crippen LogP contribution >= 0.6 is 0 Å². The number of nitrogens with zero attached hydrogens (tertiary/aromatic N) is 3. The quantitative estimate of drug-likeness (QED) is 0.775. The smallest absolute Gasteiger partial charge is 0.387 e. The van der Waals surface area contributed by atoms with Crippen molar-refractivity contribution in [3.63, 3.8) is 0 Å². The lowest BCUT2D eigenvalue weighted by molar-refractivity contribution is -0.0498. The molecule has 27 heavy (non-hydrogen) atoms. The average molecular weight is 378 g/mol. The van der Waals surface area contributed by atoms with Crippen LogP contribution in [0.15, 0.2) is 36.4 Å². The van der Waals surface area contributed by atoms with E-state index in [0.717, 1.165) is 31.6 Å². The zero-order chi connectivity index (χ0) is 19.2. The summed E-state index contributed by atoms with van der Waals surface area (Å²) in [6, 6.07) is 10.0. The highest BCUT2D eigenvalue weighted by Gasteiger charge is 2.21. The molecule has 2 heterocycles. The number of alkyl halides is 2. The van der Waals surface area contributed by atoms with Crippen molar-refractivity contribution in [3.8, 4) is 5.75 Å². The number of anilines is 2. The molecule has 0 saturated carbocycles. The van der Waals surface area contributed by atoms with E-state index >= 15 is 0 Å². The van der Waals surface area contributed by atoms with E-state index in [1.807, 2.05) is 0 Å². The largest absolute Gasteiger partial charge is 0.464 e. The lowest BCUT2D eigenvalue weighted by Gasteiger charge is -2.35. The van der Waals surface area contributed by atoms with Crippen molar-refractivity contribution in [3.05, 3.63) is 42.1 Å². The molecule has 1 fully saturated rings. The Morgan fingerprint density at radius 3 is 2.63 bits per heavy atom. The van der Waals surface area contributed by atoms with Gasteiger partial charge in [-0.25, -0.2) is 4.79 Å². The summed E-state index contributed by atoms with van der Waals surface area (Å²) in [5, 5.41) is 11.2. The van der Waals surface area contributed by atoms with Crippen molar-refractivity contribution >= 4 is 17.5 Å². The molecule has 0 amide bonds. The molecule has 1 atom stereocenters. The second-order valence-electron chi connectivity index (χ2n) is 6.10. The molecule has 3 rings (SSSR count). The molecule has 1 aliphatic heterocycles. The van der Waals surface area contributed by atoms with Crippen molar-refractivity contribution in [2.24, 2.45) is 0 Å². The highest BCUT2D eigenvalue weighted by Crippen LogP contribution is 2.24. The van der Waals surface area contributed by atoms with E-state index in [1.165, 1.54) is 19.2 Å². The normalized spacial score (nSPS) is 16.9. The topological polar surface area (TPSA) is 76.6 Å². The van der Waals surface area contributed by atoms with Crippen LogP contribution in [0, 0.1) is 0 Å². The van der Waals surface area contributed by atoms with Gasteiger partial charge in [-0.1, -0.05) is 0 Å². The summed E-state index contributed by atoms with van der Waals surface area (Å²) in [6.07, 6.45) is 1.93. The van der Waals surface area contributed by atoms with Gasteiger partial charge in [0.05, 0.1) is 7.11 Å². The number of methoxy groups -OCH3 is 1. The molecule has 7 nitrogen and oxygen atoms in total. The fourth-order valence-corrected chi connectivity index (χ4v) is 3.00. The lowest BCUT2D eigenvalue weighted by atomic mass is 10.0. The second kappa shape index (κ2) is 8.61. The first-order valence-electron chi connectivity index (χ1n) is 8.53. The highest BCUT2D eigenvalue weighted by atomic mass is 19.3. The second-order valence-corrected chi connectivity index (χ2v) is 6.10. The van der Waals surface area contributed by atoms with E-state index in [0.29, 0.717) is 5.82 Å². The number of esters is 1. The molecule has 1 saturated heterocycles. The maximum Gasteiger partial charge on any atom is 0.387 e. The number of aromatic nitrogens is 2. The van der Waals surface area contributed by atoms with Gasteiger partial charge < -0.3 is 19.7 Å². The van der Waals surface area contributed by atoms with Gasteiger partial charge in [0.1, 0.15) is 11.6 Å². The monoisotopic (exact) mass is 378 g/mol. The van der Waals surface area contributed by atoms with Gasteiger partial charge in [0.25, 0.3) is 0 Å². The molecule has 0 spiro atoms. The minimum absolute atomic E-state index is 0.140. The van der Waals surface area contributed by atoms with E-state index in [-0.39, 0.29) is 17.5 Å². The molecule has 144 valence electrons. The van der Waals surface area contributed by atoms with Crippen LogP contribution in [0.4, 0.5) is 20.3 Å². The van der Waals surface area contributed by atoms with Gasteiger partial charge in [0.2, 0.25) is 0 Å². The third kappa shape index (κ3) is 5.02. The minimum atomic E-state index is -2.83. The lowest BCUT2D eigenvalue weighted by Crippen LogP contribution is -2.42. The van der Waals surface area contributed by atoms with E-state index < -0.39 is 12.6 Å². The fraction of sp³-hybridized carbons (Fsp3) is 0.389. The molecule has 1 unspecified atom stereocenters. The molecule has 2 aromatic rings.